The summed E-state index contributed by atoms with van der Waals surface area (Å²) in [5.41, 5.74) is 0. The second kappa shape index (κ2) is 3.33. The van der Waals surface area contributed by atoms with Gasteiger partial charge in [-0.3, -0.25) is 0 Å². The van der Waals surface area contributed by atoms with Crippen LogP contribution in [0.3, 0.4) is 0 Å². The van der Waals surface area contributed by atoms with Gasteiger partial charge in [-0.2, -0.15) is 0 Å². The molecule has 2 fully saturated rings. The Morgan fingerprint density at radius 3 is 2.25 bits per heavy atom. The fourth-order valence-electron chi connectivity index (χ4n) is 2.94. The zero-order valence-electron chi connectivity index (χ0n) is 7.38. The fourth-order valence-corrected chi connectivity index (χ4v) is 2.94. The first-order valence-corrected chi connectivity index (χ1v) is 5.06. The van der Waals surface area contributed by atoms with Crippen molar-refractivity contribution < 1.29 is 9.50 Å². The molecule has 0 aromatic carbocycles. The summed E-state index contributed by atoms with van der Waals surface area (Å²) < 4.78 is 13.5. The van der Waals surface area contributed by atoms with Gasteiger partial charge in [0.25, 0.3) is 0 Å². The minimum Gasteiger partial charge on any atom is -0.396 e. The highest BCUT2D eigenvalue weighted by Gasteiger charge is 2.39. The van der Waals surface area contributed by atoms with Gasteiger partial charge in [0.2, 0.25) is 0 Å². The normalized spacial score (nSPS) is 47.5. The molecule has 0 heterocycles. The van der Waals surface area contributed by atoms with Crippen LogP contribution in [0.25, 0.3) is 0 Å². The second-order valence-corrected chi connectivity index (χ2v) is 4.42. The molecule has 12 heavy (non-hydrogen) atoms. The molecule has 1 nitrogen and oxygen atoms in total. The maximum absolute atomic E-state index is 13.5. The molecule has 2 aliphatic rings. The third-order valence-electron chi connectivity index (χ3n) is 3.58. The van der Waals surface area contributed by atoms with E-state index in [1.807, 2.05) is 0 Å². The van der Waals surface area contributed by atoms with Crippen molar-refractivity contribution in [2.24, 2.45) is 17.8 Å². The summed E-state index contributed by atoms with van der Waals surface area (Å²) >= 11 is 0. The zero-order chi connectivity index (χ0) is 8.55. The first-order valence-electron chi connectivity index (χ1n) is 5.06. The van der Waals surface area contributed by atoms with Crippen LogP contribution in [0.4, 0.5) is 4.39 Å². The van der Waals surface area contributed by atoms with Crippen LogP contribution >= 0.6 is 0 Å². The Morgan fingerprint density at radius 2 is 1.75 bits per heavy atom. The van der Waals surface area contributed by atoms with E-state index < -0.39 is 6.17 Å². The summed E-state index contributed by atoms with van der Waals surface area (Å²) in [6, 6.07) is 0. The highest BCUT2D eigenvalue weighted by molar-refractivity contribution is 4.89. The van der Waals surface area contributed by atoms with Gasteiger partial charge in [-0.25, -0.2) is 4.39 Å². The third kappa shape index (κ3) is 1.37. The van der Waals surface area contributed by atoms with Gasteiger partial charge in [-0.1, -0.05) is 6.42 Å². The number of aliphatic hydroxyl groups excluding tert-OH is 1. The van der Waals surface area contributed by atoms with E-state index in [-0.39, 0.29) is 18.4 Å². The predicted molar refractivity (Wildman–Crippen MR) is 45.5 cm³/mol. The van der Waals surface area contributed by atoms with E-state index in [4.69, 9.17) is 5.11 Å². The van der Waals surface area contributed by atoms with Crippen molar-refractivity contribution in [3.8, 4) is 0 Å². The van der Waals surface area contributed by atoms with Crippen molar-refractivity contribution in [2.75, 3.05) is 6.61 Å². The molecule has 2 bridgehead atoms. The Kier molecular flexibility index (Phi) is 2.35. The van der Waals surface area contributed by atoms with Crippen LogP contribution in [-0.2, 0) is 0 Å². The van der Waals surface area contributed by atoms with Crippen molar-refractivity contribution in [1.82, 2.24) is 0 Å². The summed E-state index contributed by atoms with van der Waals surface area (Å²) in [7, 11) is 0. The monoisotopic (exact) mass is 172 g/mol. The molecule has 1 N–H and O–H groups in total. The summed E-state index contributed by atoms with van der Waals surface area (Å²) in [5, 5.41) is 9.01. The smallest absolute Gasteiger partial charge is 0.106 e. The molecular weight excluding hydrogens is 155 g/mol. The first-order chi connectivity index (χ1) is 5.81. The van der Waals surface area contributed by atoms with E-state index in [1.54, 1.807) is 0 Å². The molecule has 0 aliphatic heterocycles. The molecule has 0 unspecified atom stereocenters. The first kappa shape index (κ1) is 8.49. The van der Waals surface area contributed by atoms with E-state index in [2.05, 4.69) is 0 Å². The van der Waals surface area contributed by atoms with Gasteiger partial charge in [0.15, 0.2) is 0 Å². The number of rotatable bonds is 1. The SMILES string of the molecule is OCC1C[C@@H]2CCC[C@@H](C1)C2F. The average molecular weight is 172 g/mol. The molecule has 2 saturated carbocycles. The largest absolute Gasteiger partial charge is 0.396 e. The minimum atomic E-state index is -0.554. The van der Waals surface area contributed by atoms with Crippen molar-refractivity contribution in [3.05, 3.63) is 0 Å². The van der Waals surface area contributed by atoms with Crippen LogP contribution in [-0.4, -0.2) is 17.9 Å². The van der Waals surface area contributed by atoms with Crippen LogP contribution < -0.4 is 0 Å². The summed E-state index contributed by atoms with van der Waals surface area (Å²) in [6.45, 7) is 0.264. The van der Waals surface area contributed by atoms with E-state index in [1.165, 1.54) is 6.42 Å². The number of hydrogen-bond acceptors (Lipinski definition) is 1. The zero-order valence-corrected chi connectivity index (χ0v) is 7.38. The molecule has 0 aromatic heterocycles. The third-order valence-corrected chi connectivity index (χ3v) is 3.58. The molecule has 0 aromatic rings. The summed E-state index contributed by atoms with van der Waals surface area (Å²) in [4.78, 5) is 0. The average Bonchev–Trinajstić information content (AvgIpc) is 2.04. The molecule has 2 atom stereocenters. The lowest BCUT2D eigenvalue weighted by Crippen LogP contribution is -2.38. The Morgan fingerprint density at radius 1 is 1.17 bits per heavy atom. The lowest BCUT2D eigenvalue weighted by molar-refractivity contribution is 0.00882. The number of fused-ring (bicyclic) bond motifs is 2. The molecule has 2 aliphatic carbocycles. The van der Waals surface area contributed by atoms with Gasteiger partial charge < -0.3 is 5.11 Å². The van der Waals surface area contributed by atoms with Crippen LogP contribution in [0.2, 0.25) is 0 Å². The highest BCUT2D eigenvalue weighted by Crippen LogP contribution is 2.44. The van der Waals surface area contributed by atoms with E-state index >= 15 is 0 Å². The molecule has 0 spiro atoms. The quantitative estimate of drug-likeness (QED) is 0.642. The van der Waals surface area contributed by atoms with Crippen molar-refractivity contribution in [2.45, 2.75) is 38.3 Å². The van der Waals surface area contributed by atoms with Crippen LogP contribution in [0, 0.1) is 17.8 Å². The highest BCUT2D eigenvalue weighted by atomic mass is 19.1. The molecular formula is C10H17FO. The number of alkyl halides is 1. The molecule has 0 amide bonds. The van der Waals surface area contributed by atoms with Crippen molar-refractivity contribution in [3.63, 3.8) is 0 Å². The maximum Gasteiger partial charge on any atom is 0.106 e. The lowest BCUT2D eigenvalue weighted by Gasteiger charge is -2.41. The number of halogens is 1. The van der Waals surface area contributed by atoms with E-state index in [9.17, 15) is 4.39 Å². The van der Waals surface area contributed by atoms with Gasteiger partial charge >= 0.3 is 0 Å². The summed E-state index contributed by atoms with van der Waals surface area (Å²) in [6.07, 6.45) is 4.60. The van der Waals surface area contributed by atoms with Gasteiger partial charge in [0.05, 0.1) is 0 Å². The fraction of sp³-hybridized carbons (Fsp3) is 1.00. The predicted octanol–water partition coefficient (Wildman–Crippen LogP) is 2.14. The lowest BCUT2D eigenvalue weighted by atomic mass is 9.67. The van der Waals surface area contributed by atoms with Gasteiger partial charge in [-0.05, 0) is 43.4 Å². The molecule has 70 valence electrons. The minimum absolute atomic E-state index is 0.264. The Labute approximate surface area is 73.0 Å². The maximum atomic E-state index is 13.5. The van der Waals surface area contributed by atoms with Gasteiger partial charge in [0, 0.05) is 6.61 Å². The molecule has 0 radical (unpaired) electrons. The van der Waals surface area contributed by atoms with E-state index in [0.717, 1.165) is 25.7 Å². The van der Waals surface area contributed by atoms with Crippen LogP contribution in [0.1, 0.15) is 32.1 Å². The van der Waals surface area contributed by atoms with Crippen LogP contribution in [0.15, 0.2) is 0 Å². The van der Waals surface area contributed by atoms with Crippen LogP contribution in [0.5, 0.6) is 0 Å². The summed E-state index contributed by atoms with van der Waals surface area (Å²) in [5.74, 6) is 0.941. The second-order valence-electron chi connectivity index (χ2n) is 4.42. The Bertz CT molecular complexity index is 146. The molecule has 2 rings (SSSR count). The van der Waals surface area contributed by atoms with Crippen molar-refractivity contribution >= 4 is 0 Å². The number of aliphatic hydroxyl groups is 1. The topological polar surface area (TPSA) is 20.2 Å². The Balaban J connectivity index is 2.02. The Hall–Kier alpha value is -0.110. The van der Waals surface area contributed by atoms with Gasteiger partial charge in [0.1, 0.15) is 6.17 Å². The van der Waals surface area contributed by atoms with Crippen molar-refractivity contribution in [1.29, 1.82) is 0 Å². The van der Waals surface area contributed by atoms with E-state index in [0.29, 0.717) is 5.92 Å². The molecule has 2 heteroatoms. The number of hydrogen-bond donors (Lipinski definition) is 1. The standard InChI is InChI=1S/C10H17FO/c11-10-8-2-1-3-9(10)5-7(4-8)6-12/h7-10,12H,1-6H2/t7?,8-,9-,10?/m0/s1. The molecule has 0 saturated heterocycles. The van der Waals surface area contributed by atoms with Gasteiger partial charge in [-0.15, -0.1) is 0 Å².